The molecule has 2 N–H and O–H groups in total. The van der Waals surface area contributed by atoms with E-state index < -0.39 is 0 Å². The fourth-order valence-electron chi connectivity index (χ4n) is 3.79. The summed E-state index contributed by atoms with van der Waals surface area (Å²) in [4.78, 5) is 5.09. The number of rotatable bonds is 3. The SMILES string of the molecule is CC1CN(C2(CN)CCCSC2C)CC1N(C)C. The van der Waals surface area contributed by atoms with Crippen LogP contribution in [0.25, 0.3) is 0 Å². The van der Waals surface area contributed by atoms with Gasteiger partial charge in [0.1, 0.15) is 0 Å². The maximum atomic E-state index is 6.21. The molecule has 106 valence electrons. The van der Waals surface area contributed by atoms with Gasteiger partial charge in [0.05, 0.1) is 0 Å². The van der Waals surface area contributed by atoms with Gasteiger partial charge in [-0.05, 0) is 38.6 Å². The van der Waals surface area contributed by atoms with Crippen molar-refractivity contribution >= 4 is 11.8 Å². The third-order valence-corrected chi connectivity index (χ3v) is 6.56. The van der Waals surface area contributed by atoms with Crippen LogP contribution in [0.15, 0.2) is 0 Å². The van der Waals surface area contributed by atoms with Gasteiger partial charge in [-0.3, -0.25) is 4.90 Å². The Hall–Kier alpha value is 0.230. The van der Waals surface area contributed by atoms with Crippen molar-refractivity contribution in [3.63, 3.8) is 0 Å². The summed E-state index contributed by atoms with van der Waals surface area (Å²) in [6, 6.07) is 0.688. The Balaban J connectivity index is 2.14. The van der Waals surface area contributed by atoms with E-state index in [0.717, 1.165) is 12.5 Å². The lowest BCUT2D eigenvalue weighted by molar-refractivity contribution is 0.100. The van der Waals surface area contributed by atoms with Crippen molar-refractivity contribution in [2.75, 3.05) is 39.5 Å². The highest BCUT2D eigenvalue weighted by Crippen LogP contribution is 2.40. The van der Waals surface area contributed by atoms with Crippen LogP contribution in [0.4, 0.5) is 0 Å². The van der Waals surface area contributed by atoms with Crippen LogP contribution < -0.4 is 5.73 Å². The van der Waals surface area contributed by atoms with Crippen molar-refractivity contribution in [2.24, 2.45) is 11.7 Å². The zero-order chi connectivity index (χ0) is 13.3. The second-order valence-corrected chi connectivity index (χ2v) is 7.79. The molecule has 4 atom stereocenters. The molecule has 2 fully saturated rings. The van der Waals surface area contributed by atoms with Gasteiger partial charge in [-0.15, -0.1) is 0 Å². The monoisotopic (exact) mass is 271 g/mol. The number of nitrogens with zero attached hydrogens (tertiary/aromatic N) is 2. The first-order chi connectivity index (χ1) is 8.51. The molecule has 3 nitrogen and oxygen atoms in total. The number of likely N-dealkylation sites (N-methyl/N-ethyl adjacent to an activating group) is 1. The van der Waals surface area contributed by atoms with Gasteiger partial charge < -0.3 is 10.6 Å². The molecule has 4 unspecified atom stereocenters. The molecule has 0 amide bonds. The Bertz CT molecular complexity index is 284. The van der Waals surface area contributed by atoms with Gasteiger partial charge in [-0.25, -0.2) is 0 Å². The Morgan fingerprint density at radius 2 is 2.06 bits per heavy atom. The maximum absolute atomic E-state index is 6.21. The lowest BCUT2D eigenvalue weighted by atomic mass is 9.87. The lowest BCUT2D eigenvalue weighted by Gasteiger charge is -2.48. The van der Waals surface area contributed by atoms with E-state index in [-0.39, 0.29) is 5.54 Å². The molecular formula is C14H29N3S. The maximum Gasteiger partial charge on any atom is 0.0448 e. The van der Waals surface area contributed by atoms with Crippen molar-refractivity contribution in [1.82, 2.24) is 9.80 Å². The van der Waals surface area contributed by atoms with Gasteiger partial charge in [-0.2, -0.15) is 11.8 Å². The highest BCUT2D eigenvalue weighted by Gasteiger charge is 2.47. The molecule has 0 bridgehead atoms. The first-order valence-corrected chi connectivity index (χ1v) is 8.29. The Morgan fingerprint density at radius 1 is 1.33 bits per heavy atom. The summed E-state index contributed by atoms with van der Waals surface area (Å²) in [5.74, 6) is 2.06. The first-order valence-electron chi connectivity index (χ1n) is 7.24. The van der Waals surface area contributed by atoms with E-state index in [9.17, 15) is 0 Å². The Kier molecular flexibility index (Phi) is 4.63. The minimum Gasteiger partial charge on any atom is -0.329 e. The molecule has 2 rings (SSSR count). The third-order valence-electron chi connectivity index (χ3n) is 5.10. The third kappa shape index (κ3) is 2.45. The van der Waals surface area contributed by atoms with Gasteiger partial charge >= 0.3 is 0 Å². The Labute approximate surface area is 116 Å². The molecule has 0 radical (unpaired) electrons. The molecule has 0 saturated carbocycles. The summed E-state index contributed by atoms with van der Waals surface area (Å²) in [7, 11) is 4.41. The lowest BCUT2D eigenvalue weighted by Crippen LogP contribution is -2.60. The molecule has 0 aromatic rings. The highest BCUT2D eigenvalue weighted by atomic mass is 32.2. The molecule has 0 aromatic carbocycles. The number of hydrogen-bond donors (Lipinski definition) is 1. The molecule has 2 aliphatic rings. The summed E-state index contributed by atoms with van der Waals surface area (Å²) >= 11 is 2.11. The van der Waals surface area contributed by atoms with Gasteiger partial charge in [-0.1, -0.05) is 13.8 Å². The molecule has 18 heavy (non-hydrogen) atoms. The minimum absolute atomic E-state index is 0.252. The summed E-state index contributed by atoms with van der Waals surface area (Å²) < 4.78 is 0. The second-order valence-electron chi connectivity index (χ2n) is 6.34. The molecule has 0 spiro atoms. The molecular weight excluding hydrogens is 242 g/mol. The van der Waals surface area contributed by atoms with Crippen molar-refractivity contribution in [2.45, 2.75) is 43.5 Å². The number of thioether (sulfide) groups is 1. The normalized spacial score (nSPS) is 42.7. The topological polar surface area (TPSA) is 32.5 Å². The summed E-state index contributed by atoms with van der Waals surface area (Å²) in [6.45, 7) is 7.98. The van der Waals surface area contributed by atoms with Crippen molar-refractivity contribution in [3.8, 4) is 0 Å². The standard InChI is InChI=1S/C14H29N3S/c1-11-8-17(9-13(11)16(3)4)14(10-15)6-5-7-18-12(14)2/h11-13H,5-10,15H2,1-4H3. The summed E-state index contributed by atoms with van der Waals surface area (Å²) in [6.07, 6.45) is 2.61. The van der Waals surface area contributed by atoms with Crippen LogP contribution in [0, 0.1) is 5.92 Å². The van der Waals surface area contributed by atoms with E-state index in [2.05, 4.69) is 49.5 Å². The van der Waals surface area contributed by atoms with Crippen LogP contribution in [0.1, 0.15) is 26.7 Å². The molecule has 0 aromatic heterocycles. The number of hydrogen-bond acceptors (Lipinski definition) is 4. The largest absolute Gasteiger partial charge is 0.329 e. The molecule has 2 heterocycles. The highest BCUT2D eigenvalue weighted by molar-refractivity contribution is 8.00. The second kappa shape index (κ2) is 5.70. The van der Waals surface area contributed by atoms with Gasteiger partial charge in [0, 0.05) is 36.5 Å². The minimum atomic E-state index is 0.252. The Morgan fingerprint density at radius 3 is 2.56 bits per heavy atom. The van der Waals surface area contributed by atoms with Gasteiger partial charge in [0.25, 0.3) is 0 Å². The summed E-state index contributed by atoms with van der Waals surface area (Å²) in [5, 5.41) is 0.671. The molecule has 0 aliphatic carbocycles. The van der Waals surface area contributed by atoms with Gasteiger partial charge in [0.2, 0.25) is 0 Å². The summed E-state index contributed by atoms with van der Waals surface area (Å²) in [5.41, 5.74) is 6.46. The zero-order valence-electron chi connectivity index (χ0n) is 12.4. The molecule has 2 saturated heterocycles. The van der Waals surface area contributed by atoms with E-state index in [4.69, 9.17) is 5.73 Å². The van der Waals surface area contributed by atoms with E-state index in [1.165, 1.54) is 31.7 Å². The van der Waals surface area contributed by atoms with Crippen LogP contribution in [0.5, 0.6) is 0 Å². The van der Waals surface area contributed by atoms with Crippen LogP contribution in [0.3, 0.4) is 0 Å². The van der Waals surface area contributed by atoms with E-state index in [1.807, 2.05) is 0 Å². The predicted octanol–water partition coefficient (Wildman–Crippen LogP) is 1.48. The smallest absolute Gasteiger partial charge is 0.0448 e. The van der Waals surface area contributed by atoms with Crippen molar-refractivity contribution in [1.29, 1.82) is 0 Å². The van der Waals surface area contributed by atoms with Crippen molar-refractivity contribution in [3.05, 3.63) is 0 Å². The number of nitrogens with two attached hydrogens (primary N) is 1. The average Bonchev–Trinajstić information content (AvgIpc) is 2.73. The van der Waals surface area contributed by atoms with E-state index >= 15 is 0 Å². The fraction of sp³-hybridized carbons (Fsp3) is 1.00. The molecule has 4 heteroatoms. The quantitative estimate of drug-likeness (QED) is 0.843. The average molecular weight is 271 g/mol. The number of likely N-dealkylation sites (tertiary alicyclic amines) is 1. The van der Waals surface area contributed by atoms with Crippen LogP contribution in [-0.4, -0.2) is 66.1 Å². The first kappa shape index (κ1) is 14.6. The zero-order valence-corrected chi connectivity index (χ0v) is 13.2. The molecule has 2 aliphatic heterocycles. The van der Waals surface area contributed by atoms with E-state index in [0.29, 0.717) is 11.3 Å². The predicted molar refractivity (Wildman–Crippen MR) is 81.2 cm³/mol. The van der Waals surface area contributed by atoms with E-state index in [1.54, 1.807) is 0 Å². The van der Waals surface area contributed by atoms with Crippen LogP contribution >= 0.6 is 11.8 Å². The van der Waals surface area contributed by atoms with Crippen molar-refractivity contribution < 1.29 is 0 Å². The fourth-order valence-corrected chi connectivity index (χ4v) is 5.13. The van der Waals surface area contributed by atoms with Crippen LogP contribution in [0.2, 0.25) is 0 Å². The van der Waals surface area contributed by atoms with Gasteiger partial charge in [0.15, 0.2) is 0 Å². The van der Waals surface area contributed by atoms with Crippen LogP contribution in [-0.2, 0) is 0 Å².